The summed E-state index contributed by atoms with van der Waals surface area (Å²) in [5.74, 6) is 14.2. The smallest absolute Gasteiger partial charge is 0.136 e. The highest BCUT2D eigenvalue weighted by Gasteiger charge is 2.10. The lowest BCUT2D eigenvalue weighted by Gasteiger charge is -2.11. The molecular formula is C35H40O. The minimum Gasteiger partial charge on any atom is -0.495 e. The Morgan fingerprint density at radius 2 is 1.08 bits per heavy atom. The molecular weight excluding hydrogens is 436 g/mol. The minimum absolute atomic E-state index is 0.805. The predicted molar refractivity (Wildman–Crippen MR) is 154 cm³/mol. The van der Waals surface area contributed by atoms with Crippen LogP contribution in [-0.2, 0) is 6.42 Å². The molecule has 3 rings (SSSR count). The summed E-state index contributed by atoms with van der Waals surface area (Å²) >= 11 is 0. The van der Waals surface area contributed by atoms with Gasteiger partial charge in [0.2, 0.25) is 0 Å². The monoisotopic (exact) mass is 476 g/mol. The van der Waals surface area contributed by atoms with Gasteiger partial charge in [-0.15, -0.1) is 0 Å². The molecule has 0 saturated heterocycles. The maximum atomic E-state index is 5.81. The van der Waals surface area contributed by atoms with Crippen LogP contribution < -0.4 is 4.74 Å². The lowest BCUT2D eigenvalue weighted by molar-refractivity contribution is 0.412. The Bertz CT molecular complexity index is 1210. The molecule has 0 saturated carbocycles. The minimum atomic E-state index is 0.805. The topological polar surface area (TPSA) is 9.23 Å². The Labute approximate surface area is 219 Å². The number of hydrogen-bond donors (Lipinski definition) is 0. The van der Waals surface area contributed by atoms with Crippen LogP contribution in [0.2, 0.25) is 0 Å². The van der Waals surface area contributed by atoms with E-state index >= 15 is 0 Å². The average molecular weight is 477 g/mol. The SMILES string of the molecule is CCCCCCCCCCc1cc(C#Cc2ccc(C)cc2)cc(OC)c1C#Cc1ccc(C)cc1. The summed E-state index contributed by atoms with van der Waals surface area (Å²) in [4.78, 5) is 0. The molecule has 3 aromatic carbocycles. The number of rotatable bonds is 10. The number of methoxy groups -OCH3 is 1. The van der Waals surface area contributed by atoms with Crippen LogP contribution in [0.4, 0.5) is 0 Å². The Morgan fingerprint density at radius 1 is 0.583 bits per heavy atom. The van der Waals surface area contributed by atoms with Gasteiger partial charge < -0.3 is 4.74 Å². The molecule has 0 fully saturated rings. The summed E-state index contributed by atoms with van der Waals surface area (Å²) in [6.07, 6.45) is 11.4. The van der Waals surface area contributed by atoms with E-state index in [1.807, 2.05) is 6.07 Å². The van der Waals surface area contributed by atoms with Gasteiger partial charge in [-0.25, -0.2) is 0 Å². The Hall–Kier alpha value is -3.42. The molecule has 0 aliphatic rings. The first-order chi connectivity index (χ1) is 17.6. The summed E-state index contributed by atoms with van der Waals surface area (Å²) in [6, 6.07) is 20.9. The van der Waals surface area contributed by atoms with Gasteiger partial charge in [0.1, 0.15) is 5.75 Å². The van der Waals surface area contributed by atoms with Crippen molar-refractivity contribution in [2.45, 2.75) is 78.6 Å². The molecule has 0 radical (unpaired) electrons. The van der Waals surface area contributed by atoms with Crippen LogP contribution >= 0.6 is 0 Å². The van der Waals surface area contributed by atoms with E-state index in [2.05, 4.69) is 99.1 Å². The van der Waals surface area contributed by atoms with Crippen molar-refractivity contribution in [3.63, 3.8) is 0 Å². The summed E-state index contributed by atoms with van der Waals surface area (Å²) in [6.45, 7) is 6.46. The van der Waals surface area contributed by atoms with Gasteiger partial charge in [-0.05, 0) is 68.7 Å². The highest BCUT2D eigenvalue weighted by atomic mass is 16.5. The molecule has 0 bridgehead atoms. The van der Waals surface area contributed by atoms with E-state index in [1.165, 1.54) is 61.6 Å². The standard InChI is InChI=1S/C35H40O/c1-5-6-7-8-9-10-11-12-13-33-26-32(23-22-30-18-14-28(2)15-19-30)27-35(36-4)34(33)25-24-31-20-16-29(3)17-21-31/h14-21,26-27H,5-13H2,1-4H3. The number of hydrogen-bond acceptors (Lipinski definition) is 1. The van der Waals surface area contributed by atoms with E-state index < -0.39 is 0 Å². The van der Waals surface area contributed by atoms with Crippen LogP contribution in [0.15, 0.2) is 60.7 Å². The third-order valence-corrected chi connectivity index (χ3v) is 6.49. The fraction of sp³-hybridized carbons (Fsp3) is 0.371. The van der Waals surface area contributed by atoms with Crippen LogP contribution in [0.1, 0.15) is 97.2 Å². The van der Waals surface area contributed by atoms with Gasteiger partial charge >= 0.3 is 0 Å². The van der Waals surface area contributed by atoms with Gasteiger partial charge in [0, 0.05) is 16.7 Å². The molecule has 36 heavy (non-hydrogen) atoms. The van der Waals surface area contributed by atoms with Crippen LogP contribution in [0.25, 0.3) is 0 Å². The van der Waals surface area contributed by atoms with Crippen LogP contribution in [0.5, 0.6) is 5.75 Å². The third-order valence-electron chi connectivity index (χ3n) is 6.49. The van der Waals surface area contributed by atoms with E-state index in [1.54, 1.807) is 7.11 Å². The molecule has 0 spiro atoms. The summed E-state index contributed by atoms with van der Waals surface area (Å²) in [5.41, 5.74) is 7.71. The maximum Gasteiger partial charge on any atom is 0.136 e. The lowest BCUT2D eigenvalue weighted by Crippen LogP contribution is -1.98. The zero-order valence-electron chi connectivity index (χ0n) is 22.5. The fourth-order valence-electron chi connectivity index (χ4n) is 4.25. The molecule has 1 nitrogen and oxygen atoms in total. The van der Waals surface area contributed by atoms with Gasteiger partial charge in [-0.3, -0.25) is 0 Å². The Kier molecular flexibility index (Phi) is 11.2. The van der Waals surface area contributed by atoms with E-state index in [-0.39, 0.29) is 0 Å². The van der Waals surface area contributed by atoms with Crippen LogP contribution in [0, 0.1) is 37.5 Å². The molecule has 186 valence electrons. The number of aryl methyl sites for hydroxylation is 3. The van der Waals surface area contributed by atoms with Crippen molar-refractivity contribution < 1.29 is 4.74 Å². The average Bonchev–Trinajstić information content (AvgIpc) is 2.89. The summed E-state index contributed by atoms with van der Waals surface area (Å²) in [5, 5.41) is 0. The molecule has 3 aromatic rings. The second-order valence-corrected chi connectivity index (χ2v) is 9.67. The number of unbranched alkanes of at least 4 members (excludes halogenated alkanes) is 7. The van der Waals surface area contributed by atoms with Crippen molar-refractivity contribution in [3.8, 4) is 29.4 Å². The number of ether oxygens (including phenoxy) is 1. The highest BCUT2D eigenvalue weighted by Crippen LogP contribution is 2.26. The first-order valence-corrected chi connectivity index (χ1v) is 13.5. The van der Waals surface area contributed by atoms with Crippen molar-refractivity contribution in [3.05, 3.63) is 99.6 Å². The van der Waals surface area contributed by atoms with Crippen molar-refractivity contribution in [1.82, 2.24) is 0 Å². The maximum absolute atomic E-state index is 5.81. The van der Waals surface area contributed by atoms with E-state index in [4.69, 9.17) is 4.74 Å². The molecule has 0 unspecified atom stereocenters. The predicted octanol–water partition coefficient (Wildman–Crippen LogP) is 8.79. The first kappa shape index (κ1) is 27.2. The molecule has 0 N–H and O–H groups in total. The Morgan fingerprint density at radius 3 is 1.64 bits per heavy atom. The second-order valence-electron chi connectivity index (χ2n) is 9.67. The zero-order valence-corrected chi connectivity index (χ0v) is 22.5. The number of benzene rings is 3. The van der Waals surface area contributed by atoms with Crippen molar-refractivity contribution >= 4 is 0 Å². The molecule has 0 amide bonds. The largest absolute Gasteiger partial charge is 0.495 e. The van der Waals surface area contributed by atoms with Gasteiger partial charge in [0.15, 0.2) is 0 Å². The van der Waals surface area contributed by atoms with Crippen molar-refractivity contribution in [2.24, 2.45) is 0 Å². The van der Waals surface area contributed by atoms with Gasteiger partial charge in [0.05, 0.1) is 12.7 Å². The first-order valence-electron chi connectivity index (χ1n) is 13.5. The van der Waals surface area contributed by atoms with Crippen molar-refractivity contribution in [2.75, 3.05) is 7.11 Å². The lowest BCUT2D eigenvalue weighted by atomic mass is 9.96. The quantitative estimate of drug-likeness (QED) is 0.210. The second kappa shape index (κ2) is 14.9. The van der Waals surface area contributed by atoms with Crippen molar-refractivity contribution in [1.29, 1.82) is 0 Å². The van der Waals surface area contributed by atoms with Gasteiger partial charge in [-0.1, -0.05) is 111 Å². The van der Waals surface area contributed by atoms with Crippen LogP contribution in [-0.4, -0.2) is 7.11 Å². The normalized spacial score (nSPS) is 10.2. The highest BCUT2D eigenvalue weighted by molar-refractivity contribution is 5.59. The molecule has 0 aliphatic heterocycles. The van der Waals surface area contributed by atoms with Gasteiger partial charge in [-0.2, -0.15) is 0 Å². The molecule has 0 aliphatic carbocycles. The van der Waals surface area contributed by atoms with Gasteiger partial charge in [0.25, 0.3) is 0 Å². The van der Waals surface area contributed by atoms with E-state index in [9.17, 15) is 0 Å². The fourth-order valence-corrected chi connectivity index (χ4v) is 4.25. The van der Waals surface area contributed by atoms with Crippen LogP contribution in [0.3, 0.4) is 0 Å². The van der Waals surface area contributed by atoms with E-state index in [0.29, 0.717) is 0 Å². The molecule has 0 atom stereocenters. The summed E-state index contributed by atoms with van der Waals surface area (Å²) < 4.78 is 5.81. The molecule has 0 aromatic heterocycles. The molecule has 0 heterocycles. The zero-order chi connectivity index (χ0) is 25.6. The third kappa shape index (κ3) is 8.98. The Balaban J connectivity index is 1.82. The molecule has 1 heteroatoms. The van der Waals surface area contributed by atoms with E-state index in [0.717, 1.165) is 40.8 Å². The summed E-state index contributed by atoms with van der Waals surface area (Å²) in [7, 11) is 1.73.